The Morgan fingerprint density at radius 1 is 1.15 bits per heavy atom. The molecule has 1 N–H and O–H groups in total. The van der Waals surface area contributed by atoms with Gasteiger partial charge in [0.1, 0.15) is 0 Å². The zero-order chi connectivity index (χ0) is 17.9. The highest BCUT2D eigenvalue weighted by Gasteiger charge is 2.36. The average Bonchev–Trinajstić information content (AvgIpc) is 3.40. The molecule has 0 unspecified atom stereocenters. The van der Waals surface area contributed by atoms with Crippen molar-refractivity contribution < 1.29 is 4.79 Å². The van der Waals surface area contributed by atoms with Crippen molar-refractivity contribution in [3.8, 4) is 6.07 Å². The van der Waals surface area contributed by atoms with E-state index in [2.05, 4.69) is 21.2 Å². The zero-order valence-corrected chi connectivity index (χ0v) is 15.7. The van der Waals surface area contributed by atoms with Gasteiger partial charge in [-0.25, -0.2) is 0 Å². The summed E-state index contributed by atoms with van der Waals surface area (Å²) >= 11 is 1.84. The molecule has 3 heterocycles. The fourth-order valence-corrected chi connectivity index (χ4v) is 5.04. The number of carbonyl (C=O) groups excluding carboxylic acids is 1. The lowest BCUT2D eigenvalue weighted by atomic mass is 10.1. The minimum atomic E-state index is -0.00439. The first-order valence-electron chi connectivity index (χ1n) is 9.33. The van der Waals surface area contributed by atoms with E-state index in [9.17, 15) is 4.79 Å². The summed E-state index contributed by atoms with van der Waals surface area (Å²) in [4.78, 5) is 19.5. The van der Waals surface area contributed by atoms with E-state index in [1.54, 1.807) is 0 Å². The molecular weight excluding hydrogens is 346 g/mol. The van der Waals surface area contributed by atoms with Gasteiger partial charge in [0.05, 0.1) is 23.6 Å². The fraction of sp³-hybridized carbons (Fsp3) is 0.579. The predicted molar refractivity (Wildman–Crippen MR) is 104 cm³/mol. The zero-order valence-electron chi connectivity index (χ0n) is 14.9. The summed E-state index contributed by atoms with van der Waals surface area (Å²) in [5.41, 5.74) is 1.89. The fourth-order valence-electron chi connectivity index (χ4n) is 4.08. The molecule has 6 nitrogen and oxygen atoms in total. The van der Waals surface area contributed by atoms with E-state index in [0.717, 1.165) is 57.3 Å². The van der Waals surface area contributed by atoms with Gasteiger partial charge in [-0.15, -0.1) is 11.8 Å². The molecule has 26 heavy (non-hydrogen) atoms. The van der Waals surface area contributed by atoms with E-state index in [4.69, 9.17) is 5.26 Å². The van der Waals surface area contributed by atoms with Gasteiger partial charge in [-0.3, -0.25) is 9.69 Å². The molecule has 0 aliphatic carbocycles. The molecule has 0 bridgehead atoms. The second-order valence-corrected chi connectivity index (χ2v) is 8.25. The predicted octanol–water partition coefficient (Wildman–Crippen LogP) is 0.944. The van der Waals surface area contributed by atoms with Crippen LogP contribution >= 0.6 is 11.8 Å². The van der Waals surface area contributed by atoms with Crippen molar-refractivity contribution in [1.29, 1.82) is 5.26 Å². The Balaban J connectivity index is 1.28. The van der Waals surface area contributed by atoms with Gasteiger partial charge in [-0.05, 0) is 30.7 Å². The Kier molecular flexibility index (Phi) is 5.34. The van der Waals surface area contributed by atoms with Crippen LogP contribution in [0.3, 0.4) is 0 Å². The third kappa shape index (κ3) is 3.68. The number of nitrogens with one attached hydrogen (secondary N) is 1. The largest absolute Gasteiger partial charge is 0.369 e. The third-order valence-corrected chi connectivity index (χ3v) is 6.63. The summed E-state index contributed by atoms with van der Waals surface area (Å²) in [5, 5.41) is 12.4. The van der Waals surface area contributed by atoms with Gasteiger partial charge >= 0.3 is 0 Å². The number of thioether (sulfide) groups is 1. The maximum atomic E-state index is 12.6. The first-order valence-corrected chi connectivity index (χ1v) is 10.5. The number of piperazine rings is 1. The molecule has 3 aliphatic heterocycles. The van der Waals surface area contributed by atoms with Crippen LogP contribution in [0.5, 0.6) is 0 Å². The lowest BCUT2D eigenvalue weighted by Crippen LogP contribution is -2.51. The highest BCUT2D eigenvalue weighted by atomic mass is 32.2. The van der Waals surface area contributed by atoms with Gasteiger partial charge in [0, 0.05) is 56.8 Å². The monoisotopic (exact) mass is 371 g/mol. The number of nitriles is 1. The molecule has 4 rings (SSSR count). The van der Waals surface area contributed by atoms with Gasteiger partial charge in [0.2, 0.25) is 5.91 Å². The Morgan fingerprint density at radius 2 is 1.92 bits per heavy atom. The molecule has 3 aliphatic rings. The Bertz CT molecular complexity index is 674. The van der Waals surface area contributed by atoms with Crippen LogP contribution in [0.1, 0.15) is 12.0 Å². The van der Waals surface area contributed by atoms with Crippen LogP contribution in [-0.2, 0) is 4.79 Å². The van der Waals surface area contributed by atoms with Gasteiger partial charge in [-0.2, -0.15) is 5.26 Å². The first-order chi connectivity index (χ1) is 12.7. The Morgan fingerprint density at radius 3 is 2.58 bits per heavy atom. The number of benzene rings is 1. The summed E-state index contributed by atoms with van der Waals surface area (Å²) in [6, 6.07) is 10.5. The molecule has 3 fully saturated rings. The van der Waals surface area contributed by atoms with Crippen molar-refractivity contribution >= 4 is 23.4 Å². The molecule has 0 saturated carbocycles. The number of amides is 1. The standard InChI is InChI=1S/C19H25N5OS/c20-12-15-1-3-16(4-2-15)22-5-7-23(8-6-22)17-11-18(21-13-17)19(25)24-9-10-26-14-24/h1-4,17-18,21H,5-11,13-14H2/t17-,18-/m0/s1. The average molecular weight is 372 g/mol. The van der Waals surface area contributed by atoms with Crippen molar-refractivity contribution in [3.63, 3.8) is 0 Å². The molecular formula is C19H25N5OS. The maximum absolute atomic E-state index is 12.6. The SMILES string of the molecule is N#Cc1ccc(N2CCN([C@@H]3CN[C@H](C(=O)N4CCSC4)C3)CC2)cc1. The third-order valence-electron chi connectivity index (χ3n) is 5.66. The van der Waals surface area contributed by atoms with Gasteiger partial charge < -0.3 is 15.1 Å². The second-order valence-electron chi connectivity index (χ2n) is 7.17. The van der Waals surface area contributed by atoms with Crippen LogP contribution < -0.4 is 10.2 Å². The molecule has 1 aromatic carbocycles. The van der Waals surface area contributed by atoms with Crippen molar-refractivity contribution in [1.82, 2.24) is 15.1 Å². The van der Waals surface area contributed by atoms with Crippen molar-refractivity contribution in [2.45, 2.75) is 18.5 Å². The normalized spacial score (nSPS) is 26.9. The quantitative estimate of drug-likeness (QED) is 0.853. The van der Waals surface area contributed by atoms with Crippen LogP contribution in [0.2, 0.25) is 0 Å². The Labute approximate surface area is 159 Å². The maximum Gasteiger partial charge on any atom is 0.240 e. The summed E-state index contributed by atoms with van der Waals surface area (Å²) in [5.74, 6) is 2.21. The lowest BCUT2D eigenvalue weighted by molar-refractivity contribution is -0.131. The van der Waals surface area contributed by atoms with Crippen molar-refractivity contribution in [2.24, 2.45) is 0 Å². The molecule has 0 spiro atoms. The first kappa shape index (κ1) is 17.7. The summed E-state index contributed by atoms with van der Waals surface area (Å²) < 4.78 is 0. The molecule has 2 atom stereocenters. The highest BCUT2D eigenvalue weighted by molar-refractivity contribution is 7.99. The van der Waals surface area contributed by atoms with Gasteiger partial charge in [0.25, 0.3) is 0 Å². The van der Waals surface area contributed by atoms with Gasteiger partial charge in [-0.1, -0.05) is 0 Å². The molecule has 138 valence electrons. The number of nitrogens with zero attached hydrogens (tertiary/aromatic N) is 4. The van der Waals surface area contributed by atoms with Crippen LogP contribution in [0.4, 0.5) is 5.69 Å². The topological polar surface area (TPSA) is 62.6 Å². The number of hydrogen-bond acceptors (Lipinski definition) is 6. The minimum absolute atomic E-state index is 0.00439. The molecule has 1 amide bonds. The number of rotatable bonds is 3. The van der Waals surface area contributed by atoms with Crippen LogP contribution in [0, 0.1) is 11.3 Å². The smallest absolute Gasteiger partial charge is 0.240 e. The number of anilines is 1. The highest BCUT2D eigenvalue weighted by Crippen LogP contribution is 2.22. The van der Waals surface area contributed by atoms with Crippen LogP contribution in [0.25, 0.3) is 0 Å². The van der Waals surface area contributed by atoms with Crippen LogP contribution in [-0.4, -0.2) is 78.7 Å². The van der Waals surface area contributed by atoms with Crippen molar-refractivity contribution in [3.05, 3.63) is 29.8 Å². The van der Waals surface area contributed by atoms with E-state index in [0.29, 0.717) is 11.6 Å². The molecule has 1 aromatic rings. The van der Waals surface area contributed by atoms with E-state index < -0.39 is 0 Å². The van der Waals surface area contributed by atoms with E-state index in [1.807, 2.05) is 40.9 Å². The number of carbonyl (C=O) groups is 1. The Hall–Kier alpha value is -1.75. The summed E-state index contributed by atoms with van der Waals surface area (Å²) in [6.07, 6.45) is 0.927. The summed E-state index contributed by atoms with van der Waals surface area (Å²) in [6.45, 7) is 5.83. The summed E-state index contributed by atoms with van der Waals surface area (Å²) in [7, 11) is 0. The number of hydrogen-bond donors (Lipinski definition) is 1. The van der Waals surface area contributed by atoms with Gasteiger partial charge in [0.15, 0.2) is 0 Å². The molecule has 7 heteroatoms. The molecule has 3 saturated heterocycles. The van der Waals surface area contributed by atoms with Crippen LogP contribution in [0.15, 0.2) is 24.3 Å². The lowest BCUT2D eigenvalue weighted by Gasteiger charge is -2.39. The van der Waals surface area contributed by atoms with E-state index in [1.165, 1.54) is 5.69 Å². The molecule has 0 aromatic heterocycles. The second kappa shape index (κ2) is 7.87. The van der Waals surface area contributed by atoms with E-state index in [-0.39, 0.29) is 11.9 Å². The minimum Gasteiger partial charge on any atom is -0.369 e. The van der Waals surface area contributed by atoms with Crippen molar-refractivity contribution in [2.75, 3.05) is 55.8 Å². The molecule has 0 radical (unpaired) electrons. The van der Waals surface area contributed by atoms with E-state index >= 15 is 0 Å².